The number of para-hydroxylation sites is 2. The van der Waals surface area contributed by atoms with Gasteiger partial charge in [0.2, 0.25) is 23.1 Å². The van der Waals surface area contributed by atoms with Gasteiger partial charge in [-0.25, -0.2) is 0 Å². The number of aryl methyl sites for hydroxylation is 2. The van der Waals surface area contributed by atoms with Crippen LogP contribution in [0.15, 0.2) is 93.5 Å². The zero-order valence-electron chi connectivity index (χ0n) is 20.9. The Balaban J connectivity index is 1.92. The molecule has 8 heteroatoms. The molecule has 0 radical (unpaired) electrons. The first kappa shape index (κ1) is 26.3. The molecule has 0 spiro atoms. The van der Waals surface area contributed by atoms with Gasteiger partial charge in [-0.05, 0) is 62.8 Å². The molecule has 0 aromatic heterocycles. The van der Waals surface area contributed by atoms with Gasteiger partial charge in [-0.3, -0.25) is 19.2 Å². The summed E-state index contributed by atoms with van der Waals surface area (Å²) in [6.45, 7) is 2.53. The second kappa shape index (κ2) is 10.3. The van der Waals surface area contributed by atoms with Crippen molar-refractivity contribution < 1.29 is 39.6 Å². The number of Topliss-reactive ketones (excluding diaryl/α,β-unsaturated/α-hetero) is 4. The number of aliphatic hydroxyl groups is 2. The van der Waals surface area contributed by atoms with Gasteiger partial charge < -0.3 is 20.4 Å². The topological polar surface area (TPSA) is 149 Å². The maximum Gasteiger partial charge on any atom is 0.232 e. The maximum absolute atomic E-state index is 13.2. The van der Waals surface area contributed by atoms with Crippen molar-refractivity contribution in [3.63, 3.8) is 0 Å². The number of rotatable bonds is 7. The fourth-order valence-corrected chi connectivity index (χ4v) is 4.70. The van der Waals surface area contributed by atoms with Crippen molar-refractivity contribution in [2.45, 2.75) is 39.5 Å². The number of carbonyl (C=O) groups is 4. The smallest absolute Gasteiger partial charge is 0.232 e. The minimum atomic E-state index is -0.923. The van der Waals surface area contributed by atoms with Crippen molar-refractivity contribution in [1.82, 2.24) is 0 Å². The monoisotopic (exact) mass is 514 g/mol. The van der Waals surface area contributed by atoms with Gasteiger partial charge in [0.05, 0.1) is 0 Å². The number of allylic oxidation sites excluding steroid dienone is 6. The highest BCUT2D eigenvalue weighted by atomic mass is 16.3. The third kappa shape index (κ3) is 4.56. The van der Waals surface area contributed by atoms with E-state index in [0.717, 1.165) is 0 Å². The molecule has 2 aliphatic carbocycles. The molecular formula is C30H26O8. The average Bonchev–Trinajstić information content (AvgIpc) is 2.91. The molecule has 0 unspecified atom stereocenters. The van der Waals surface area contributed by atoms with Crippen LogP contribution in [0.3, 0.4) is 0 Å². The van der Waals surface area contributed by atoms with Gasteiger partial charge >= 0.3 is 0 Å². The predicted octanol–water partition coefficient (Wildman–Crippen LogP) is 4.22. The molecule has 38 heavy (non-hydrogen) atoms. The molecule has 4 rings (SSSR count). The summed E-state index contributed by atoms with van der Waals surface area (Å²) in [6, 6.07) is 12.9. The molecule has 2 aliphatic rings. The van der Waals surface area contributed by atoms with Crippen molar-refractivity contribution in [3.05, 3.63) is 105 Å². The fourth-order valence-electron chi connectivity index (χ4n) is 4.70. The molecule has 0 atom stereocenters. The third-order valence-electron chi connectivity index (χ3n) is 6.95. The van der Waals surface area contributed by atoms with E-state index >= 15 is 0 Å². The summed E-state index contributed by atoms with van der Waals surface area (Å²) in [4.78, 5) is 51.7. The molecule has 0 amide bonds. The fraction of sp³-hybridized carbons (Fsp3) is 0.200. The molecule has 0 fully saturated rings. The number of benzene rings is 2. The standard InChI is InChI=1S/C30H26O8/c1-15-25(33)23(19(29(37)27(15)35)13-11-17-7-3-5-9-21(17)31)24-20(30(38)28(36)16(2)26(24)34)14-12-18-8-4-6-10-22(18)32/h3-10,31-34H,11-14H2,1-2H3. The van der Waals surface area contributed by atoms with Crippen molar-refractivity contribution in [2.24, 2.45) is 0 Å². The van der Waals surface area contributed by atoms with Gasteiger partial charge in [0.1, 0.15) is 23.0 Å². The lowest BCUT2D eigenvalue weighted by Gasteiger charge is -2.27. The Morgan fingerprint density at radius 2 is 0.842 bits per heavy atom. The highest BCUT2D eigenvalue weighted by molar-refractivity contribution is 6.52. The Hall–Kier alpha value is -4.72. The summed E-state index contributed by atoms with van der Waals surface area (Å²) in [6.07, 6.45) is 0.0421. The van der Waals surface area contributed by atoms with Crippen LogP contribution in [0.2, 0.25) is 0 Å². The van der Waals surface area contributed by atoms with Crippen LogP contribution in [-0.2, 0) is 32.0 Å². The highest BCUT2D eigenvalue weighted by Gasteiger charge is 2.40. The average molecular weight is 515 g/mol. The normalized spacial score (nSPS) is 16.8. The van der Waals surface area contributed by atoms with Crippen LogP contribution in [0.1, 0.15) is 37.8 Å². The van der Waals surface area contributed by atoms with Crippen LogP contribution >= 0.6 is 0 Å². The van der Waals surface area contributed by atoms with Crippen molar-refractivity contribution >= 4 is 23.1 Å². The summed E-state index contributed by atoms with van der Waals surface area (Å²) < 4.78 is 0. The number of hydrogen-bond acceptors (Lipinski definition) is 8. The van der Waals surface area contributed by atoms with E-state index < -0.39 is 34.7 Å². The van der Waals surface area contributed by atoms with E-state index in [1.165, 1.54) is 26.0 Å². The molecule has 0 saturated carbocycles. The SMILES string of the molecule is CC1=C(O)C(C2=C(CCc3ccccc3O)C(=O)C(=O)C(C)=C2O)=C(CCc2ccccc2O)C(=O)C1=O. The first-order valence-electron chi connectivity index (χ1n) is 12.0. The lowest BCUT2D eigenvalue weighted by atomic mass is 9.76. The van der Waals surface area contributed by atoms with Gasteiger partial charge in [0, 0.05) is 33.4 Å². The Kier molecular flexibility index (Phi) is 7.17. The first-order valence-corrected chi connectivity index (χ1v) is 12.0. The van der Waals surface area contributed by atoms with Gasteiger partial charge in [-0.15, -0.1) is 0 Å². The minimum absolute atomic E-state index is 0.0141. The highest BCUT2D eigenvalue weighted by Crippen LogP contribution is 2.41. The number of hydrogen-bond donors (Lipinski definition) is 4. The lowest BCUT2D eigenvalue weighted by molar-refractivity contribution is -0.132. The maximum atomic E-state index is 13.2. The van der Waals surface area contributed by atoms with E-state index in [-0.39, 0.29) is 70.6 Å². The summed E-state index contributed by atoms with van der Waals surface area (Å²) in [5.74, 6) is -4.83. The molecule has 2 aromatic rings. The van der Waals surface area contributed by atoms with Crippen molar-refractivity contribution in [2.75, 3.05) is 0 Å². The molecule has 0 saturated heterocycles. The summed E-state index contributed by atoms with van der Waals surface area (Å²) in [7, 11) is 0. The first-order chi connectivity index (χ1) is 18.0. The van der Waals surface area contributed by atoms with Gasteiger partial charge in [-0.2, -0.15) is 0 Å². The van der Waals surface area contributed by atoms with Gasteiger partial charge in [0.25, 0.3) is 0 Å². The lowest BCUT2D eigenvalue weighted by Crippen LogP contribution is -2.31. The van der Waals surface area contributed by atoms with E-state index in [9.17, 15) is 39.6 Å². The zero-order valence-corrected chi connectivity index (χ0v) is 20.9. The molecule has 0 bridgehead atoms. The molecule has 0 heterocycles. The second-order valence-electron chi connectivity index (χ2n) is 9.23. The van der Waals surface area contributed by atoms with Crippen LogP contribution in [0, 0.1) is 0 Å². The van der Waals surface area contributed by atoms with Crippen LogP contribution in [-0.4, -0.2) is 43.6 Å². The van der Waals surface area contributed by atoms with E-state index in [1.54, 1.807) is 36.4 Å². The Morgan fingerprint density at radius 3 is 1.18 bits per heavy atom. The molecule has 4 N–H and O–H groups in total. The number of ketones is 4. The number of aliphatic hydroxyl groups excluding tert-OH is 2. The molecule has 8 nitrogen and oxygen atoms in total. The van der Waals surface area contributed by atoms with Gasteiger partial charge in [-0.1, -0.05) is 36.4 Å². The van der Waals surface area contributed by atoms with Gasteiger partial charge in [0.15, 0.2) is 0 Å². The number of aromatic hydroxyl groups is 2. The molecule has 2 aromatic carbocycles. The molecular weight excluding hydrogens is 488 g/mol. The van der Waals surface area contributed by atoms with E-state index in [1.807, 2.05) is 0 Å². The largest absolute Gasteiger partial charge is 0.508 e. The summed E-state index contributed by atoms with van der Waals surface area (Å²) in [5, 5.41) is 42.5. The summed E-state index contributed by atoms with van der Waals surface area (Å²) in [5.41, 5.74) is -0.178. The van der Waals surface area contributed by atoms with Crippen molar-refractivity contribution in [1.29, 1.82) is 0 Å². The quantitative estimate of drug-likeness (QED) is 0.317. The van der Waals surface area contributed by atoms with Crippen LogP contribution in [0.5, 0.6) is 11.5 Å². The Bertz CT molecular complexity index is 1420. The van der Waals surface area contributed by atoms with E-state index in [0.29, 0.717) is 11.1 Å². The second-order valence-corrected chi connectivity index (χ2v) is 9.23. The number of phenolic OH excluding ortho intramolecular Hbond substituents is 2. The van der Waals surface area contributed by atoms with Crippen LogP contribution < -0.4 is 0 Å². The predicted molar refractivity (Wildman–Crippen MR) is 138 cm³/mol. The molecule has 0 aliphatic heterocycles. The van der Waals surface area contributed by atoms with E-state index in [2.05, 4.69) is 0 Å². The number of phenols is 2. The zero-order chi connectivity index (χ0) is 27.7. The molecule has 194 valence electrons. The third-order valence-corrected chi connectivity index (χ3v) is 6.95. The van der Waals surface area contributed by atoms with Crippen LogP contribution in [0.25, 0.3) is 0 Å². The van der Waals surface area contributed by atoms with Crippen LogP contribution in [0.4, 0.5) is 0 Å². The minimum Gasteiger partial charge on any atom is -0.508 e. The Labute approximate surface area is 218 Å². The van der Waals surface area contributed by atoms with Crippen molar-refractivity contribution in [3.8, 4) is 11.5 Å². The Morgan fingerprint density at radius 1 is 0.500 bits per heavy atom. The number of carbonyl (C=O) groups excluding carboxylic acids is 4. The van der Waals surface area contributed by atoms with E-state index in [4.69, 9.17) is 0 Å². The summed E-state index contributed by atoms with van der Waals surface area (Å²) >= 11 is 0.